The first-order valence-electron chi connectivity index (χ1n) is 13.9. The van der Waals surface area contributed by atoms with Crippen LogP contribution in [0.1, 0.15) is 46.1 Å². The molecule has 0 atom stereocenters. The van der Waals surface area contributed by atoms with E-state index in [0.29, 0.717) is 40.7 Å². The molecule has 0 bridgehead atoms. The Balaban J connectivity index is 1.55. The Labute approximate surface area is 252 Å². The van der Waals surface area contributed by atoms with Gasteiger partial charge in [0.15, 0.2) is 5.82 Å². The van der Waals surface area contributed by atoms with Crippen molar-refractivity contribution in [2.75, 3.05) is 16.4 Å². The first-order valence-corrected chi connectivity index (χ1v) is 13.9. The van der Waals surface area contributed by atoms with Crippen LogP contribution in [0.3, 0.4) is 0 Å². The highest BCUT2D eigenvalue weighted by Crippen LogP contribution is 2.28. The maximum atomic E-state index is 13.5. The third-order valence-electron chi connectivity index (χ3n) is 6.33. The van der Waals surface area contributed by atoms with Gasteiger partial charge in [-0.1, -0.05) is 43.3 Å². The van der Waals surface area contributed by atoms with E-state index in [1.54, 1.807) is 56.3 Å². The van der Waals surface area contributed by atoms with Crippen molar-refractivity contribution in [2.24, 2.45) is 5.92 Å². The van der Waals surface area contributed by atoms with Crippen LogP contribution in [0.15, 0.2) is 58.0 Å². The molecule has 2 aromatic heterocycles. The number of hydrogen-bond acceptors (Lipinski definition) is 9. The zero-order chi connectivity index (χ0) is 32.2. The molecule has 2 heterocycles. The number of nitrogens with zero attached hydrogens (tertiary/aromatic N) is 4. The van der Waals surface area contributed by atoms with E-state index in [2.05, 4.69) is 35.6 Å². The standard InChI is InChI=1S/C30H34F2N8O4/c1-16(2)27(42)37-22-11-20(10-21(33)12-22)23-14-35-26(36-17(3)4)28(43)40(23)15-24(41)34-13-18-6-8-19(9-7-18)25-38-29(44-39-25)30(5,31)32/h6-12,14,16-17H,13,15,33H2,1-5H3,(H,34,41)(H,35,36)(H,37,42). The predicted octanol–water partition coefficient (Wildman–Crippen LogP) is 4.39. The van der Waals surface area contributed by atoms with Crippen LogP contribution in [0, 0.1) is 5.92 Å². The van der Waals surface area contributed by atoms with Crippen molar-refractivity contribution in [1.29, 1.82) is 0 Å². The van der Waals surface area contributed by atoms with Crippen LogP contribution in [0.2, 0.25) is 0 Å². The molecule has 14 heteroatoms. The molecule has 5 N–H and O–H groups in total. The fraction of sp³-hybridized carbons (Fsp3) is 0.333. The highest BCUT2D eigenvalue weighted by Gasteiger charge is 2.32. The summed E-state index contributed by atoms with van der Waals surface area (Å²) in [6.45, 7) is 7.69. The monoisotopic (exact) mass is 608 g/mol. The molecule has 0 saturated carbocycles. The Morgan fingerprint density at radius 2 is 1.77 bits per heavy atom. The second-order valence-electron chi connectivity index (χ2n) is 11.0. The number of halogens is 2. The second-order valence-corrected chi connectivity index (χ2v) is 11.0. The number of nitrogens with two attached hydrogens (primary N) is 1. The van der Waals surface area contributed by atoms with E-state index in [4.69, 9.17) is 5.73 Å². The van der Waals surface area contributed by atoms with E-state index in [1.165, 1.54) is 10.8 Å². The van der Waals surface area contributed by atoms with Crippen LogP contribution >= 0.6 is 0 Å². The Morgan fingerprint density at radius 1 is 1.07 bits per heavy atom. The number of anilines is 3. The molecule has 0 spiro atoms. The largest absolute Gasteiger partial charge is 0.399 e. The number of alkyl halides is 2. The summed E-state index contributed by atoms with van der Waals surface area (Å²) in [5.74, 6) is -4.86. The lowest BCUT2D eigenvalue weighted by atomic mass is 10.1. The van der Waals surface area contributed by atoms with Crippen molar-refractivity contribution in [3.05, 3.63) is 70.5 Å². The van der Waals surface area contributed by atoms with Crippen LogP contribution < -0.4 is 27.2 Å². The predicted molar refractivity (Wildman–Crippen MR) is 162 cm³/mol. The van der Waals surface area contributed by atoms with Gasteiger partial charge in [0, 0.05) is 47.9 Å². The fourth-order valence-corrected chi connectivity index (χ4v) is 4.10. The third kappa shape index (κ3) is 7.82. The fourth-order valence-electron chi connectivity index (χ4n) is 4.10. The molecular weight excluding hydrogens is 574 g/mol. The topological polar surface area (TPSA) is 170 Å². The quantitative estimate of drug-likeness (QED) is 0.180. The maximum absolute atomic E-state index is 13.5. The SMILES string of the molecule is CC(C)Nc1ncc(-c2cc(N)cc(NC(=O)C(C)C)c2)n(CC(=O)NCc2ccc(-c3noc(C(C)(F)F)n3)cc2)c1=O. The minimum atomic E-state index is -3.25. The van der Waals surface area contributed by atoms with Gasteiger partial charge in [-0.3, -0.25) is 19.0 Å². The number of benzene rings is 2. The number of rotatable bonds is 11. The Kier molecular flexibility index (Phi) is 9.40. The number of carbonyl (C=O) groups excluding carboxylic acids is 2. The number of amides is 2. The van der Waals surface area contributed by atoms with E-state index in [-0.39, 0.29) is 42.6 Å². The molecule has 0 aliphatic rings. The summed E-state index contributed by atoms with van der Waals surface area (Å²) in [6.07, 6.45) is 1.47. The van der Waals surface area contributed by atoms with Gasteiger partial charge in [0.2, 0.25) is 17.6 Å². The molecule has 12 nitrogen and oxygen atoms in total. The lowest BCUT2D eigenvalue weighted by Gasteiger charge is -2.17. The van der Waals surface area contributed by atoms with Crippen LogP contribution in [0.4, 0.5) is 26.0 Å². The van der Waals surface area contributed by atoms with Crippen molar-refractivity contribution >= 4 is 29.0 Å². The van der Waals surface area contributed by atoms with Crippen LogP contribution in [-0.2, 0) is 28.6 Å². The van der Waals surface area contributed by atoms with Crippen molar-refractivity contribution < 1.29 is 22.9 Å². The first-order chi connectivity index (χ1) is 20.7. The molecule has 4 aromatic rings. The third-order valence-corrected chi connectivity index (χ3v) is 6.33. The molecule has 0 radical (unpaired) electrons. The van der Waals surface area contributed by atoms with Crippen molar-refractivity contribution in [2.45, 2.75) is 59.7 Å². The smallest absolute Gasteiger partial charge is 0.322 e. The molecule has 0 fully saturated rings. The molecular formula is C30H34F2N8O4. The average Bonchev–Trinajstić information content (AvgIpc) is 3.45. The number of aromatic nitrogens is 4. The summed E-state index contributed by atoms with van der Waals surface area (Å²) in [6, 6.07) is 11.4. The van der Waals surface area contributed by atoms with E-state index in [9.17, 15) is 23.2 Å². The lowest BCUT2D eigenvalue weighted by Crippen LogP contribution is -2.35. The molecule has 0 aliphatic carbocycles. The number of hydrogen-bond donors (Lipinski definition) is 4. The minimum Gasteiger partial charge on any atom is -0.399 e. The Hall–Kier alpha value is -5.14. The van der Waals surface area contributed by atoms with Gasteiger partial charge in [0.1, 0.15) is 6.54 Å². The van der Waals surface area contributed by atoms with E-state index in [1.807, 2.05) is 13.8 Å². The molecule has 0 unspecified atom stereocenters. The molecule has 4 rings (SSSR count). The van der Waals surface area contributed by atoms with Gasteiger partial charge in [0.25, 0.3) is 11.4 Å². The summed E-state index contributed by atoms with van der Waals surface area (Å²) in [4.78, 5) is 46.9. The summed E-state index contributed by atoms with van der Waals surface area (Å²) in [7, 11) is 0. The van der Waals surface area contributed by atoms with Crippen molar-refractivity contribution in [3.8, 4) is 22.6 Å². The lowest BCUT2D eigenvalue weighted by molar-refractivity contribution is -0.122. The van der Waals surface area contributed by atoms with Crippen LogP contribution in [-0.4, -0.2) is 37.5 Å². The highest BCUT2D eigenvalue weighted by molar-refractivity contribution is 5.93. The molecule has 2 aromatic carbocycles. The van der Waals surface area contributed by atoms with Crippen LogP contribution in [0.5, 0.6) is 0 Å². The van der Waals surface area contributed by atoms with Gasteiger partial charge in [-0.2, -0.15) is 13.8 Å². The van der Waals surface area contributed by atoms with Crippen LogP contribution in [0.25, 0.3) is 22.6 Å². The van der Waals surface area contributed by atoms with Crippen molar-refractivity contribution in [1.82, 2.24) is 25.0 Å². The van der Waals surface area contributed by atoms with Crippen molar-refractivity contribution in [3.63, 3.8) is 0 Å². The molecule has 44 heavy (non-hydrogen) atoms. The van der Waals surface area contributed by atoms with Gasteiger partial charge in [-0.25, -0.2) is 4.98 Å². The van der Waals surface area contributed by atoms with Gasteiger partial charge < -0.3 is 26.2 Å². The highest BCUT2D eigenvalue weighted by atomic mass is 19.3. The minimum absolute atomic E-state index is 0.0148. The number of nitrogens with one attached hydrogen (secondary N) is 3. The van der Waals surface area contributed by atoms with E-state index < -0.39 is 23.3 Å². The summed E-state index contributed by atoms with van der Waals surface area (Å²) < 4.78 is 32.8. The number of nitrogen functional groups attached to an aromatic ring is 1. The summed E-state index contributed by atoms with van der Waals surface area (Å²) >= 11 is 0. The number of carbonyl (C=O) groups is 2. The second kappa shape index (κ2) is 13.0. The molecule has 0 saturated heterocycles. The van der Waals surface area contributed by atoms with Gasteiger partial charge >= 0.3 is 5.92 Å². The van der Waals surface area contributed by atoms with Gasteiger partial charge in [0.05, 0.1) is 11.9 Å². The first kappa shape index (κ1) is 31.8. The van der Waals surface area contributed by atoms with E-state index >= 15 is 0 Å². The Morgan fingerprint density at radius 3 is 2.39 bits per heavy atom. The normalized spacial score (nSPS) is 11.6. The summed E-state index contributed by atoms with van der Waals surface area (Å²) in [5.41, 5.74) is 8.37. The zero-order valence-corrected chi connectivity index (χ0v) is 24.9. The Bertz CT molecular complexity index is 1710. The molecule has 0 aliphatic heterocycles. The molecule has 2 amide bonds. The zero-order valence-electron chi connectivity index (χ0n) is 24.9. The maximum Gasteiger partial charge on any atom is 0.322 e. The van der Waals surface area contributed by atoms with Gasteiger partial charge in [-0.15, -0.1) is 0 Å². The van der Waals surface area contributed by atoms with Gasteiger partial charge in [-0.05, 0) is 37.6 Å². The van der Waals surface area contributed by atoms with E-state index in [0.717, 1.165) is 0 Å². The average molecular weight is 609 g/mol. The molecule has 232 valence electrons. The summed E-state index contributed by atoms with van der Waals surface area (Å²) in [5, 5.41) is 12.2.